The van der Waals surface area contributed by atoms with E-state index in [0.29, 0.717) is 24.3 Å². The minimum Gasteiger partial charge on any atom is -0.388 e. The Hall–Kier alpha value is -6.54. The molecule has 0 atom stereocenters. The third kappa shape index (κ3) is 7.55. The van der Waals surface area contributed by atoms with Crippen LogP contribution in [-0.2, 0) is 45.6 Å². The molecule has 286 valence electrons. The van der Waals surface area contributed by atoms with Gasteiger partial charge in [-0.3, -0.25) is 9.13 Å². The number of fused-ring (bicyclic) bond motifs is 4. The molecular formula is C44H44N12O. The molecule has 10 rings (SSSR count). The maximum Gasteiger partial charge on any atom is 0.237 e. The number of para-hydroxylation sites is 4. The van der Waals surface area contributed by atoms with E-state index in [1.807, 2.05) is 82.8 Å². The monoisotopic (exact) mass is 756 g/mol. The molecule has 0 saturated heterocycles. The molecule has 0 unspecified atom stereocenters. The fraction of sp³-hybridized carbons (Fsp3) is 0.227. The highest BCUT2D eigenvalue weighted by molar-refractivity contribution is 5.78. The maximum atomic E-state index is 9.88. The minimum atomic E-state index is -0.177. The van der Waals surface area contributed by atoms with Gasteiger partial charge in [0.15, 0.2) is 0 Å². The maximum absolute atomic E-state index is 9.88. The first-order chi connectivity index (χ1) is 28.1. The van der Waals surface area contributed by atoms with Crippen molar-refractivity contribution in [1.29, 1.82) is 0 Å². The highest BCUT2D eigenvalue weighted by Gasteiger charge is 2.22. The molecule has 4 aromatic heterocycles. The molecule has 2 aliphatic heterocycles. The Morgan fingerprint density at radius 2 is 1.04 bits per heavy atom. The van der Waals surface area contributed by atoms with Crippen molar-refractivity contribution in [2.45, 2.75) is 52.6 Å². The lowest BCUT2D eigenvalue weighted by atomic mass is 10.1. The third-order valence-electron chi connectivity index (χ3n) is 10.3. The summed E-state index contributed by atoms with van der Waals surface area (Å²) < 4.78 is 3.90. The number of hydrogen-bond acceptors (Lipinski definition) is 11. The number of aliphatic hydroxyl groups excluding tert-OH is 1. The first-order valence-electron chi connectivity index (χ1n) is 19.4. The average Bonchev–Trinajstić information content (AvgIpc) is 3.82. The predicted octanol–water partition coefficient (Wildman–Crippen LogP) is 5.95. The van der Waals surface area contributed by atoms with E-state index in [1.54, 1.807) is 0 Å². The quantitative estimate of drug-likeness (QED) is 0.119. The molecule has 0 bridgehead atoms. The molecule has 6 heterocycles. The number of aliphatic hydroxyl groups is 1. The van der Waals surface area contributed by atoms with Crippen LogP contribution in [0.15, 0.2) is 109 Å². The SMILES string of the molecule is Cc1nc2ccccc2n1-c1nc2c(c(NCc3ccccc3)n1)CNCC2.OCc1nc2ccccc2n1-c1nc2c(c(NCc3ccccc3)n1)CNCC2. The molecule has 13 heteroatoms. The van der Waals surface area contributed by atoms with Gasteiger partial charge in [0.05, 0.1) is 33.5 Å². The van der Waals surface area contributed by atoms with Crippen LogP contribution in [0.25, 0.3) is 34.0 Å². The van der Waals surface area contributed by atoms with Crippen molar-refractivity contribution < 1.29 is 5.11 Å². The topological polar surface area (TPSA) is 156 Å². The van der Waals surface area contributed by atoms with E-state index < -0.39 is 0 Å². The molecule has 0 fully saturated rings. The summed E-state index contributed by atoms with van der Waals surface area (Å²) in [5, 5.41) is 23.7. The van der Waals surface area contributed by atoms with E-state index in [0.717, 1.165) is 108 Å². The molecule has 0 saturated carbocycles. The number of imidazole rings is 2. The first-order valence-corrected chi connectivity index (χ1v) is 19.4. The van der Waals surface area contributed by atoms with Gasteiger partial charge in [0, 0.05) is 63.2 Å². The lowest BCUT2D eigenvalue weighted by Crippen LogP contribution is -2.27. The molecule has 4 aromatic carbocycles. The fourth-order valence-corrected chi connectivity index (χ4v) is 7.52. The number of nitrogens with zero attached hydrogens (tertiary/aromatic N) is 8. The molecule has 0 aliphatic carbocycles. The van der Waals surface area contributed by atoms with Gasteiger partial charge < -0.3 is 26.4 Å². The summed E-state index contributed by atoms with van der Waals surface area (Å²) in [7, 11) is 0. The number of aryl methyl sites for hydroxylation is 1. The zero-order valence-electron chi connectivity index (χ0n) is 31.8. The Bertz CT molecular complexity index is 2660. The second kappa shape index (κ2) is 16.3. The number of rotatable bonds is 9. The Labute approximate surface area is 330 Å². The van der Waals surface area contributed by atoms with Crippen LogP contribution in [0.3, 0.4) is 0 Å². The summed E-state index contributed by atoms with van der Waals surface area (Å²) in [4.78, 5) is 28.8. The lowest BCUT2D eigenvalue weighted by Gasteiger charge is -2.21. The van der Waals surface area contributed by atoms with Crippen LogP contribution in [0.4, 0.5) is 11.6 Å². The third-order valence-corrected chi connectivity index (χ3v) is 10.3. The Balaban J connectivity index is 0.000000148. The molecule has 57 heavy (non-hydrogen) atoms. The standard InChI is InChI=1S/C22H22N6O.C22H22N6/c29-14-20-25-18-8-4-5-9-19(18)28(20)22-26-17-10-11-23-13-16(17)21(27-22)24-12-15-6-2-1-3-7-15;1-15-25-19-9-5-6-10-20(19)28(15)22-26-18-11-12-23-14-17(18)21(27-22)24-13-16-7-3-2-4-8-16/h1-9,23,29H,10-14H2,(H,24,26,27);2-10,23H,11-14H2,1H3,(H,24,26,27). The Morgan fingerprint density at radius 1 is 0.561 bits per heavy atom. The Morgan fingerprint density at radius 3 is 1.58 bits per heavy atom. The highest BCUT2D eigenvalue weighted by Crippen LogP contribution is 2.27. The molecule has 5 N–H and O–H groups in total. The number of nitrogens with one attached hydrogen (secondary N) is 4. The van der Waals surface area contributed by atoms with Gasteiger partial charge in [-0.15, -0.1) is 0 Å². The predicted molar refractivity (Wildman–Crippen MR) is 222 cm³/mol. The molecular weight excluding hydrogens is 713 g/mol. The molecule has 0 spiro atoms. The zero-order chi connectivity index (χ0) is 38.6. The van der Waals surface area contributed by atoms with Crippen LogP contribution in [0, 0.1) is 6.92 Å². The van der Waals surface area contributed by atoms with Gasteiger partial charge in [0.25, 0.3) is 0 Å². The second-order valence-corrected chi connectivity index (χ2v) is 14.1. The van der Waals surface area contributed by atoms with Crippen LogP contribution >= 0.6 is 0 Å². The molecule has 8 aromatic rings. The average molecular weight is 757 g/mol. The van der Waals surface area contributed by atoms with Crippen LogP contribution in [-0.4, -0.2) is 57.2 Å². The summed E-state index contributed by atoms with van der Waals surface area (Å²) in [6.45, 7) is 6.59. The van der Waals surface area contributed by atoms with Gasteiger partial charge in [0.1, 0.15) is 29.9 Å². The molecule has 13 nitrogen and oxygen atoms in total. The van der Waals surface area contributed by atoms with Gasteiger partial charge in [-0.2, -0.15) is 9.97 Å². The van der Waals surface area contributed by atoms with Crippen molar-refractivity contribution in [2.75, 3.05) is 23.7 Å². The lowest BCUT2D eigenvalue weighted by molar-refractivity contribution is 0.269. The largest absolute Gasteiger partial charge is 0.388 e. The van der Waals surface area contributed by atoms with Crippen LogP contribution in [0.1, 0.15) is 45.3 Å². The van der Waals surface area contributed by atoms with Crippen LogP contribution < -0.4 is 21.3 Å². The smallest absolute Gasteiger partial charge is 0.237 e. The van der Waals surface area contributed by atoms with E-state index >= 15 is 0 Å². The van der Waals surface area contributed by atoms with Gasteiger partial charge >= 0.3 is 0 Å². The number of anilines is 2. The van der Waals surface area contributed by atoms with Crippen LogP contribution in [0.2, 0.25) is 0 Å². The normalized spacial score (nSPS) is 13.4. The van der Waals surface area contributed by atoms with E-state index in [9.17, 15) is 5.11 Å². The number of benzene rings is 4. The van der Waals surface area contributed by atoms with Gasteiger partial charge in [0.2, 0.25) is 11.9 Å². The minimum absolute atomic E-state index is 0.177. The van der Waals surface area contributed by atoms with Gasteiger partial charge in [-0.25, -0.2) is 19.9 Å². The highest BCUT2D eigenvalue weighted by atomic mass is 16.3. The van der Waals surface area contributed by atoms with Crippen molar-refractivity contribution >= 4 is 33.7 Å². The summed E-state index contributed by atoms with van der Waals surface area (Å²) in [5.41, 5.74) is 10.5. The molecule has 2 aliphatic rings. The summed E-state index contributed by atoms with van der Waals surface area (Å²) in [6, 6.07) is 36.6. The number of aromatic nitrogens is 8. The van der Waals surface area contributed by atoms with Gasteiger partial charge in [-0.05, 0) is 42.3 Å². The molecule has 0 radical (unpaired) electrons. The van der Waals surface area contributed by atoms with Gasteiger partial charge in [-0.1, -0.05) is 84.9 Å². The van der Waals surface area contributed by atoms with Crippen molar-refractivity contribution in [3.8, 4) is 11.9 Å². The fourth-order valence-electron chi connectivity index (χ4n) is 7.52. The number of hydrogen-bond donors (Lipinski definition) is 5. The molecule has 0 amide bonds. The van der Waals surface area contributed by atoms with Crippen LogP contribution in [0.5, 0.6) is 0 Å². The summed E-state index contributed by atoms with van der Waals surface area (Å²) >= 11 is 0. The van der Waals surface area contributed by atoms with Crippen molar-refractivity contribution in [3.63, 3.8) is 0 Å². The van der Waals surface area contributed by atoms with Crippen molar-refractivity contribution in [3.05, 3.63) is 154 Å². The van der Waals surface area contributed by atoms with E-state index in [-0.39, 0.29) is 6.61 Å². The zero-order valence-corrected chi connectivity index (χ0v) is 31.8. The van der Waals surface area contributed by atoms with Crippen molar-refractivity contribution in [1.82, 2.24) is 49.7 Å². The second-order valence-electron chi connectivity index (χ2n) is 14.1. The summed E-state index contributed by atoms with van der Waals surface area (Å²) in [6.07, 6.45) is 1.74. The van der Waals surface area contributed by atoms with Crippen molar-refractivity contribution in [2.24, 2.45) is 0 Å². The van der Waals surface area contributed by atoms with E-state index in [1.165, 1.54) is 11.1 Å². The Kier molecular flexibility index (Phi) is 10.3. The summed E-state index contributed by atoms with van der Waals surface area (Å²) in [5.74, 6) is 4.37. The van der Waals surface area contributed by atoms with E-state index in [2.05, 4.69) is 73.7 Å². The first kappa shape index (κ1) is 36.1. The van der Waals surface area contributed by atoms with E-state index in [4.69, 9.17) is 19.9 Å².